The van der Waals surface area contributed by atoms with E-state index in [0.717, 1.165) is 39.4 Å². The summed E-state index contributed by atoms with van der Waals surface area (Å²) in [5.41, 5.74) is 11.8. The average molecular weight is 422 g/mol. The third kappa shape index (κ3) is 3.91. The summed E-state index contributed by atoms with van der Waals surface area (Å²) in [4.78, 5) is 9.17. The van der Waals surface area contributed by atoms with Crippen LogP contribution in [0.15, 0.2) is 97.5 Å². The van der Waals surface area contributed by atoms with Crippen LogP contribution in [-0.4, -0.2) is 21.6 Å². The fourth-order valence-corrected chi connectivity index (χ4v) is 3.76. The summed E-state index contributed by atoms with van der Waals surface area (Å²) in [5.74, 6) is 1.55. The molecule has 6 heteroatoms. The van der Waals surface area contributed by atoms with Gasteiger partial charge in [-0.15, -0.1) is 0 Å². The first-order valence-corrected chi connectivity index (χ1v) is 10.4. The van der Waals surface area contributed by atoms with Gasteiger partial charge in [0.15, 0.2) is 11.5 Å². The summed E-state index contributed by atoms with van der Waals surface area (Å²) in [7, 11) is 1.67. The molecule has 32 heavy (non-hydrogen) atoms. The minimum atomic E-state index is 0.673. The van der Waals surface area contributed by atoms with Gasteiger partial charge in [-0.1, -0.05) is 60.7 Å². The predicted molar refractivity (Wildman–Crippen MR) is 128 cm³/mol. The van der Waals surface area contributed by atoms with Gasteiger partial charge in [-0.05, 0) is 35.4 Å². The van der Waals surface area contributed by atoms with Crippen LogP contribution in [0, 0.1) is 0 Å². The number of aromatic nitrogens is 3. The molecular weight excluding hydrogens is 398 g/mol. The van der Waals surface area contributed by atoms with E-state index in [1.807, 2.05) is 60.7 Å². The Labute approximate surface area is 186 Å². The molecule has 0 aliphatic heterocycles. The minimum Gasteiger partial charge on any atom is -0.497 e. The van der Waals surface area contributed by atoms with E-state index >= 15 is 0 Å². The summed E-state index contributed by atoms with van der Waals surface area (Å²) in [6.45, 7) is 0.673. The van der Waals surface area contributed by atoms with Crippen molar-refractivity contribution in [3.8, 4) is 22.6 Å². The van der Waals surface area contributed by atoms with Crippen LogP contribution >= 0.6 is 0 Å². The lowest BCUT2D eigenvalue weighted by Gasteiger charge is -2.10. The van der Waals surface area contributed by atoms with Crippen LogP contribution < -0.4 is 15.6 Å². The Bertz CT molecular complexity index is 1320. The van der Waals surface area contributed by atoms with E-state index in [1.165, 1.54) is 5.56 Å². The third-order valence-electron chi connectivity index (χ3n) is 5.36. The van der Waals surface area contributed by atoms with Gasteiger partial charge in [0, 0.05) is 24.0 Å². The van der Waals surface area contributed by atoms with Crippen LogP contribution in [0.4, 0.5) is 5.82 Å². The highest BCUT2D eigenvalue weighted by Gasteiger charge is 2.17. The maximum atomic E-state index is 5.31. The number of rotatable bonds is 7. The Balaban J connectivity index is 1.57. The molecule has 0 radical (unpaired) electrons. The number of fused-ring (bicyclic) bond motifs is 1. The first-order valence-electron chi connectivity index (χ1n) is 10.4. The number of anilines is 1. The van der Waals surface area contributed by atoms with E-state index in [9.17, 15) is 0 Å². The number of ether oxygens (including phenoxy) is 1. The first kappa shape index (κ1) is 19.8. The topological polar surface area (TPSA) is 64.0 Å². The zero-order valence-electron chi connectivity index (χ0n) is 17.7. The van der Waals surface area contributed by atoms with Crippen molar-refractivity contribution in [2.45, 2.75) is 6.54 Å². The zero-order valence-corrected chi connectivity index (χ0v) is 17.7. The van der Waals surface area contributed by atoms with Crippen LogP contribution in [0.25, 0.3) is 27.8 Å². The van der Waals surface area contributed by atoms with E-state index < -0.39 is 0 Å². The Morgan fingerprint density at radius 1 is 0.844 bits per heavy atom. The number of hydrogen-bond acceptors (Lipinski definition) is 5. The van der Waals surface area contributed by atoms with E-state index in [0.29, 0.717) is 6.54 Å². The molecule has 3 aromatic carbocycles. The number of hydrogen-bond donors (Lipinski definition) is 2. The molecule has 5 rings (SSSR count). The highest BCUT2D eigenvalue weighted by molar-refractivity contribution is 6.02. The standard InChI is InChI=1S/C26H23N5O/c1-32-22-14-12-21(13-15-22)31-17-23(20-10-6-3-7-11-20)24-25(27-18-28-26(24)31)30-29-16-19-8-4-2-5-9-19/h2-15,17-18,29H,16H2,1H3,(H,27,28,30). The van der Waals surface area contributed by atoms with Gasteiger partial charge < -0.3 is 14.7 Å². The fourth-order valence-electron chi connectivity index (χ4n) is 3.76. The second-order valence-electron chi connectivity index (χ2n) is 7.36. The molecule has 2 heterocycles. The SMILES string of the molecule is COc1ccc(-n2cc(-c3ccccc3)c3c(NNCc4ccccc4)ncnc32)cc1. The zero-order chi connectivity index (χ0) is 21.8. The number of nitrogens with zero attached hydrogens (tertiary/aromatic N) is 3. The Kier molecular flexibility index (Phi) is 5.51. The van der Waals surface area contributed by atoms with Crippen LogP contribution in [0.3, 0.4) is 0 Å². The monoisotopic (exact) mass is 421 g/mol. The number of hydrazine groups is 1. The van der Waals surface area contributed by atoms with Crippen molar-refractivity contribution in [1.82, 2.24) is 20.0 Å². The second-order valence-corrected chi connectivity index (χ2v) is 7.36. The predicted octanol–water partition coefficient (Wildman–Crippen LogP) is 5.21. The summed E-state index contributed by atoms with van der Waals surface area (Å²) in [5, 5.41) is 0.954. The van der Waals surface area contributed by atoms with Crippen LogP contribution in [-0.2, 0) is 6.54 Å². The molecule has 0 aliphatic rings. The third-order valence-corrected chi connectivity index (χ3v) is 5.36. The first-order chi connectivity index (χ1) is 15.8. The molecule has 2 N–H and O–H groups in total. The van der Waals surface area contributed by atoms with Crippen molar-refractivity contribution in [2.24, 2.45) is 0 Å². The van der Waals surface area contributed by atoms with Crippen molar-refractivity contribution in [2.75, 3.05) is 12.5 Å². The van der Waals surface area contributed by atoms with E-state index in [-0.39, 0.29) is 0 Å². The molecule has 6 nitrogen and oxygen atoms in total. The summed E-state index contributed by atoms with van der Waals surface area (Å²) in [6.07, 6.45) is 3.70. The summed E-state index contributed by atoms with van der Waals surface area (Å²) >= 11 is 0. The number of methoxy groups -OCH3 is 1. The molecule has 5 aromatic rings. The van der Waals surface area contributed by atoms with Gasteiger partial charge >= 0.3 is 0 Å². The molecule has 0 saturated carbocycles. The normalized spacial score (nSPS) is 10.9. The van der Waals surface area contributed by atoms with Gasteiger partial charge in [0.2, 0.25) is 0 Å². The quantitative estimate of drug-likeness (QED) is 0.353. The highest BCUT2D eigenvalue weighted by Crippen LogP contribution is 2.35. The Morgan fingerprint density at radius 2 is 1.56 bits per heavy atom. The van der Waals surface area contributed by atoms with Gasteiger partial charge in [0.05, 0.1) is 12.5 Å². The van der Waals surface area contributed by atoms with Crippen molar-refractivity contribution in [3.63, 3.8) is 0 Å². The van der Waals surface area contributed by atoms with Crippen molar-refractivity contribution in [3.05, 3.63) is 103 Å². The maximum absolute atomic E-state index is 5.31. The molecule has 0 amide bonds. The molecule has 0 unspecified atom stereocenters. The van der Waals surface area contributed by atoms with Gasteiger partial charge in [-0.2, -0.15) is 0 Å². The molecule has 0 spiro atoms. The van der Waals surface area contributed by atoms with Crippen molar-refractivity contribution >= 4 is 16.9 Å². The van der Waals surface area contributed by atoms with Gasteiger partial charge in [0.1, 0.15) is 12.1 Å². The average Bonchev–Trinajstić information content (AvgIpc) is 3.26. The van der Waals surface area contributed by atoms with Crippen LogP contribution in [0.5, 0.6) is 5.75 Å². The Hall–Kier alpha value is -4.16. The molecule has 2 aromatic heterocycles. The van der Waals surface area contributed by atoms with Crippen LogP contribution in [0.2, 0.25) is 0 Å². The smallest absolute Gasteiger partial charge is 0.153 e. The van der Waals surface area contributed by atoms with Crippen molar-refractivity contribution in [1.29, 1.82) is 0 Å². The van der Waals surface area contributed by atoms with Gasteiger partial charge in [-0.3, -0.25) is 0 Å². The highest BCUT2D eigenvalue weighted by atomic mass is 16.5. The molecule has 0 saturated heterocycles. The molecule has 0 bridgehead atoms. The molecular formula is C26H23N5O. The molecule has 0 atom stereocenters. The minimum absolute atomic E-state index is 0.673. The fraction of sp³-hybridized carbons (Fsp3) is 0.0769. The number of nitrogens with one attached hydrogen (secondary N) is 2. The Morgan fingerprint density at radius 3 is 2.28 bits per heavy atom. The van der Waals surface area contributed by atoms with E-state index in [2.05, 4.69) is 55.8 Å². The van der Waals surface area contributed by atoms with E-state index in [4.69, 9.17) is 4.74 Å². The summed E-state index contributed by atoms with van der Waals surface area (Å²) in [6, 6.07) is 28.5. The maximum Gasteiger partial charge on any atom is 0.153 e. The second kappa shape index (κ2) is 8.91. The van der Waals surface area contributed by atoms with Crippen LogP contribution in [0.1, 0.15) is 5.56 Å². The van der Waals surface area contributed by atoms with Gasteiger partial charge in [0.25, 0.3) is 0 Å². The van der Waals surface area contributed by atoms with Crippen molar-refractivity contribution < 1.29 is 4.74 Å². The summed E-state index contributed by atoms with van der Waals surface area (Å²) < 4.78 is 7.40. The lowest BCUT2D eigenvalue weighted by molar-refractivity contribution is 0.415. The lowest BCUT2D eigenvalue weighted by Crippen LogP contribution is -2.21. The van der Waals surface area contributed by atoms with Gasteiger partial charge in [-0.25, -0.2) is 15.4 Å². The molecule has 0 aliphatic carbocycles. The largest absolute Gasteiger partial charge is 0.497 e. The number of benzene rings is 3. The molecule has 158 valence electrons. The molecule has 0 fully saturated rings. The lowest BCUT2D eigenvalue weighted by atomic mass is 10.1. The van der Waals surface area contributed by atoms with E-state index in [1.54, 1.807) is 13.4 Å².